The lowest BCUT2D eigenvalue weighted by Gasteiger charge is -2.06. The van der Waals surface area contributed by atoms with Gasteiger partial charge in [0.25, 0.3) is 5.91 Å². The van der Waals surface area contributed by atoms with E-state index in [1.54, 1.807) is 43.5 Å². The number of benzene rings is 2. The van der Waals surface area contributed by atoms with Crippen molar-refractivity contribution < 1.29 is 18.7 Å². The molecule has 2 amide bonds. The van der Waals surface area contributed by atoms with Gasteiger partial charge in [-0.25, -0.2) is 0 Å². The summed E-state index contributed by atoms with van der Waals surface area (Å²) < 4.78 is 10.4. The molecular weight excluding hydrogens is 296 g/mol. The van der Waals surface area contributed by atoms with Gasteiger partial charge in [-0.15, -0.1) is 0 Å². The number of hydrogen-bond donors (Lipinski definition) is 2. The van der Waals surface area contributed by atoms with Gasteiger partial charge in [0.1, 0.15) is 11.3 Å². The quantitative estimate of drug-likeness (QED) is 0.728. The van der Waals surface area contributed by atoms with E-state index in [2.05, 4.69) is 10.9 Å². The highest BCUT2D eigenvalue weighted by Crippen LogP contribution is 2.18. The molecule has 0 radical (unpaired) electrons. The van der Waals surface area contributed by atoms with Crippen molar-refractivity contribution in [2.45, 2.75) is 0 Å². The zero-order valence-corrected chi connectivity index (χ0v) is 12.3. The molecule has 0 fully saturated rings. The van der Waals surface area contributed by atoms with E-state index in [1.807, 2.05) is 18.2 Å². The second-order valence-electron chi connectivity index (χ2n) is 4.79. The van der Waals surface area contributed by atoms with Crippen LogP contribution in [0.2, 0.25) is 0 Å². The predicted octanol–water partition coefficient (Wildman–Crippen LogP) is 2.52. The Labute approximate surface area is 132 Å². The van der Waals surface area contributed by atoms with Crippen molar-refractivity contribution in [3.05, 3.63) is 65.9 Å². The van der Waals surface area contributed by atoms with Crippen molar-refractivity contribution in [3.63, 3.8) is 0 Å². The summed E-state index contributed by atoms with van der Waals surface area (Å²) in [6.07, 6.45) is 0. The summed E-state index contributed by atoms with van der Waals surface area (Å²) in [7, 11) is 1.54. The van der Waals surface area contributed by atoms with Crippen LogP contribution in [0.5, 0.6) is 5.75 Å². The van der Waals surface area contributed by atoms with E-state index in [1.165, 1.54) is 0 Å². The van der Waals surface area contributed by atoms with E-state index in [0.717, 1.165) is 5.39 Å². The molecule has 0 saturated carbocycles. The summed E-state index contributed by atoms with van der Waals surface area (Å²) in [5.74, 6) is -0.186. The van der Waals surface area contributed by atoms with E-state index in [9.17, 15) is 9.59 Å². The van der Waals surface area contributed by atoms with Crippen LogP contribution in [-0.2, 0) is 0 Å². The Kier molecular flexibility index (Phi) is 3.97. The largest absolute Gasteiger partial charge is 0.497 e. The molecule has 0 aliphatic carbocycles. The van der Waals surface area contributed by atoms with Crippen molar-refractivity contribution in [3.8, 4) is 5.75 Å². The first kappa shape index (κ1) is 14.6. The zero-order valence-electron chi connectivity index (χ0n) is 12.3. The Morgan fingerprint density at radius 3 is 2.35 bits per heavy atom. The molecule has 0 aliphatic rings. The minimum absolute atomic E-state index is 0.126. The molecule has 0 atom stereocenters. The summed E-state index contributed by atoms with van der Waals surface area (Å²) in [5, 5.41) is 0.819. The Morgan fingerprint density at radius 1 is 0.957 bits per heavy atom. The summed E-state index contributed by atoms with van der Waals surface area (Å²) in [5.41, 5.74) is 5.67. The van der Waals surface area contributed by atoms with Gasteiger partial charge in [0.2, 0.25) is 0 Å². The maximum Gasteiger partial charge on any atom is 0.305 e. The molecule has 3 rings (SSSR count). The number of methoxy groups -OCH3 is 1. The lowest BCUT2D eigenvalue weighted by Crippen LogP contribution is -2.41. The molecular formula is C17H14N2O4. The number of nitrogens with one attached hydrogen (secondary N) is 2. The lowest BCUT2D eigenvalue weighted by molar-refractivity contribution is 0.0832. The van der Waals surface area contributed by atoms with Gasteiger partial charge < -0.3 is 9.15 Å². The summed E-state index contributed by atoms with van der Waals surface area (Å²) in [4.78, 5) is 24.0. The standard InChI is InChI=1S/C17H14N2O4/c1-22-13-8-6-11(7-9-13)16(20)18-19-17(21)15-10-12-4-2-3-5-14(12)23-15/h2-10H,1H3,(H,18,20)(H,19,21). The highest BCUT2D eigenvalue weighted by molar-refractivity contribution is 5.99. The van der Waals surface area contributed by atoms with Crippen LogP contribution in [0.25, 0.3) is 11.0 Å². The molecule has 1 heterocycles. The molecule has 2 N–H and O–H groups in total. The van der Waals surface area contributed by atoms with Crippen molar-refractivity contribution in [2.75, 3.05) is 7.11 Å². The lowest BCUT2D eigenvalue weighted by atomic mass is 10.2. The average Bonchev–Trinajstić information content (AvgIpc) is 3.03. The minimum Gasteiger partial charge on any atom is -0.497 e. The van der Waals surface area contributed by atoms with Crippen LogP contribution in [0.3, 0.4) is 0 Å². The Bertz CT molecular complexity index is 819. The van der Waals surface area contributed by atoms with Gasteiger partial charge in [-0.05, 0) is 36.4 Å². The number of hydrogen-bond acceptors (Lipinski definition) is 4. The zero-order chi connectivity index (χ0) is 16.2. The van der Waals surface area contributed by atoms with Crippen LogP contribution in [0.15, 0.2) is 59.0 Å². The highest BCUT2D eigenvalue weighted by Gasteiger charge is 2.13. The van der Waals surface area contributed by atoms with Crippen LogP contribution >= 0.6 is 0 Å². The van der Waals surface area contributed by atoms with E-state index < -0.39 is 11.8 Å². The molecule has 0 unspecified atom stereocenters. The van der Waals surface area contributed by atoms with Crippen LogP contribution in [0.4, 0.5) is 0 Å². The van der Waals surface area contributed by atoms with E-state index in [4.69, 9.17) is 9.15 Å². The molecule has 1 aromatic heterocycles. The van der Waals surface area contributed by atoms with Gasteiger partial charge in [-0.1, -0.05) is 18.2 Å². The van der Waals surface area contributed by atoms with Gasteiger partial charge in [0.15, 0.2) is 5.76 Å². The van der Waals surface area contributed by atoms with Crippen molar-refractivity contribution in [1.82, 2.24) is 10.9 Å². The fourth-order valence-electron chi connectivity index (χ4n) is 2.08. The van der Waals surface area contributed by atoms with Crippen LogP contribution in [0, 0.1) is 0 Å². The fraction of sp³-hybridized carbons (Fsp3) is 0.0588. The molecule has 0 spiro atoms. The second kappa shape index (κ2) is 6.23. The first-order chi connectivity index (χ1) is 11.2. The third-order valence-corrected chi connectivity index (χ3v) is 3.29. The highest BCUT2D eigenvalue weighted by atomic mass is 16.5. The molecule has 6 heteroatoms. The van der Waals surface area contributed by atoms with E-state index >= 15 is 0 Å². The number of hydrazine groups is 1. The van der Waals surface area contributed by atoms with E-state index in [-0.39, 0.29) is 5.76 Å². The topological polar surface area (TPSA) is 80.6 Å². The molecule has 3 aromatic rings. The van der Waals surface area contributed by atoms with E-state index in [0.29, 0.717) is 16.9 Å². The number of para-hydroxylation sites is 1. The number of furan rings is 1. The number of amides is 2. The van der Waals surface area contributed by atoms with Gasteiger partial charge in [0, 0.05) is 10.9 Å². The predicted molar refractivity (Wildman–Crippen MR) is 84.1 cm³/mol. The van der Waals surface area contributed by atoms with Gasteiger partial charge in [0.05, 0.1) is 7.11 Å². The molecule has 6 nitrogen and oxygen atoms in total. The molecule has 116 valence electrons. The summed E-state index contributed by atoms with van der Waals surface area (Å²) in [6, 6.07) is 15.4. The number of rotatable bonds is 3. The maximum atomic E-state index is 12.0. The first-order valence-electron chi connectivity index (χ1n) is 6.90. The molecule has 23 heavy (non-hydrogen) atoms. The third kappa shape index (κ3) is 3.16. The van der Waals surface area contributed by atoms with Crippen molar-refractivity contribution in [2.24, 2.45) is 0 Å². The first-order valence-corrected chi connectivity index (χ1v) is 6.90. The van der Waals surface area contributed by atoms with Crippen LogP contribution < -0.4 is 15.6 Å². The average molecular weight is 310 g/mol. The Balaban J connectivity index is 1.64. The van der Waals surface area contributed by atoms with Gasteiger partial charge in [-0.3, -0.25) is 20.4 Å². The minimum atomic E-state index is -0.525. The monoisotopic (exact) mass is 310 g/mol. The third-order valence-electron chi connectivity index (χ3n) is 3.29. The molecule has 0 saturated heterocycles. The smallest absolute Gasteiger partial charge is 0.305 e. The molecule has 0 bridgehead atoms. The number of carbonyl (C=O) groups is 2. The molecule has 0 aliphatic heterocycles. The normalized spacial score (nSPS) is 10.3. The summed E-state index contributed by atoms with van der Waals surface area (Å²) >= 11 is 0. The maximum absolute atomic E-state index is 12.0. The van der Waals surface area contributed by atoms with Crippen molar-refractivity contribution >= 4 is 22.8 Å². The number of fused-ring (bicyclic) bond motifs is 1. The molecule has 2 aromatic carbocycles. The van der Waals surface area contributed by atoms with Gasteiger partial charge >= 0.3 is 5.91 Å². The summed E-state index contributed by atoms with van der Waals surface area (Å²) in [6.45, 7) is 0. The number of ether oxygens (including phenoxy) is 1. The fourth-order valence-corrected chi connectivity index (χ4v) is 2.08. The van der Waals surface area contributed by atoms with Crippen LogP contribution in [-0.4, -0.2) is 18.9 Å². The second-order valence-corrected chi connectivity index (χ2v) is 4.79. The Hall–Kier alpha value is -3.28. The van der Waals surface area contributed by atoms with Gasteiger partial charge in [-0.2, -0.15) is 0 Å². The van der Waals surface area contributed by atoms with Crippen molar-refractivity contribution in [1.29, 1.82) is 0 Å². The van der Waals surface area contributed by atoms with Crippen LogP contribution in [0.1, 0.15) is 20.9 Å². The Morgan fingerprint density at radius 2 is 1.65 bits per heavy atom. The SMILES string of the molecule is COc1ccc(C(=O)NNC(=O)c2cc3ccccc3o2)cc1. The number of carbonyl (C=O) groups excluding carboxylic acids is 2.